The lowest BCUT2D eigenvalue weighted by molar-refractivity contribution is 0.270. The molecule has 0 aliphatic carbocycles. The third kappa shape index (κ3) is 2.84. The Hall–Kier alpha value is -1.91. The molecule has 0 unspecified atom stereocenters. The second-order valence-corrected chi connectivity index (χ2v) is 6.76. The van der Waals surface area contributed by atoms with E-state index in [1.165, 1.54) is 16.5 Å². The monoisotopic (exact) mass is 323 g/mol. The van der Waals surface area contributed by atoms with Gasteiger partial charge in [-0.15, -0.1) is 0 Å². The molecule has 3 heterocycles. The summed E-state index contributed by atoms with van der Waals surface area (Å²) in [6.07, 6.45) is 0. The fourth-order valence-corrected chi connectivity index (χ4v) is 3.91. The highest BCUT2D eigenvalue weighted by molar-refractivity contribution is 7.08. The molecule has 0 atom stereocenters. The molecular weight excluding hydrogens is 302 g/mol. The molecule has 118 valence electrons. The largest absolute Gasteiger partial charge is 0.354 e. The standard InChI is InChI=1S/C19H21N3S/c1-2-21-9-11-22(12-10-21)18-7-6-15-4-3-5-17(19(15)20-18)16-8-13-23-14-16/h3-8,13-14H,2,9-12H2,1H3. The summed E-state index contributed by atoms with van der Waals surface area (Å²) in [4.78, 5) is 9.92. The van der Waals surface area contributed by atoms with Crippen LogP contribution in [0.5, 0.6) is 0 Å². The Morgan fingerprint density at radius 3 is 2.65 bits per heavy atom. The first-order chi connectivity index (χ1) is 11.3. The summed E-state index contributed by atoms with van der Waals surface area (Å²) in [7, 11) is 0. The van der Waals surface area contributed by atoms with E-state index >= 15 is 0 Å². The summed E-state index contributed by atoms with van der Waals surface area (Å²) in [6.45, 7) is 7.75. The molecule has 1 aliphatic rings. The van der Waals surface area contributed by atoms with Crippen molar-refractivity contribution in [2.45, 2.75) is 6.92 Å². The van der Waals surface area contributed by atoms with Crippen LogP contribution in [0.15, 0.2) is 47.2 Å². The molecule has 4 rings (SSSR count). The van der Waals surface area contributed by atoms with Crippen molar-refractivity contribution in [3.8, 4) is 11.1 Å². The van der Waals surface area contributed by atoms with Crippen molar-refractivity contribution in [2.75, 3.05) is 37.6 Å². The number of aromatic nitrogens is 1. The minimum atomic E-state index is 1.06. The number of likely N-dealkylation sites (N-methyl/N-ethyl adjacent to an activating group) is 1. The van der Waals surface area contributed by atoms with Gasteiger partial charge in [0.15, 0.2) is 0 Å². The van der Waals surface area contributed by atoms with Crippen LogP contribution in [0, 0.1) is 0 Å². The second-order valence-electron chi connectivity index (χ2n) is 5.98. The van der Waals surface area contributed by atoms with Gasteiger partial charge in [-0.25, -0.2) is 4.98 Å². The number of nitrogens with zero attached hydrogens (tertiary/aromatic N) is 3. The maximum atomic E-state index is 5.02. The lowest BCUT2D eigenvalue weighted by Gasteiger charge is -2.34. The van der Waals surface area contributed by atoms with Gasteiger partial charge in [-0.3, -0.25) is 0 Å². The van der Waals surface area contributed by atoms with Crippen molar-refractivity contribution in [1.29, 1.82) is 0 Å². The van der Waals surface area contributed by atoms with Gasteiger partial charge >= 0.3 is 0 Å². The second kappa shape index (κ2) is 6.30. The van der Waals surface area contributed by atoms with Crippen LogP contribution >= 0.6 is 11.3 Å². The van der Waals surface area contributed by atoms with E-state index in [2.05, 4.69) is 63.9 Å². The van der Waals surface area contributed by atoms with E-state index < -0.39 is 0 Å². The SMILES string of the molecule is CCN1CCN(c2ccc3cccc(-c4ccsc4)c3n2)CC1. The van der Waals surface area contributed by atoms with E-state index in [1.54, 1.807) is 11.3 Å². The van der Waals surface area contributed by atoms with Crippen molar-refractivity contribution in [3.63, 3.8) is 0 Å². The number of benzene rings is 1. The minimum absolute atomic E-state index is 1.06. The van der Waals surface area contributed by atoms with Gasteiger partial charge in [0, 0.05) is 37.1 Å². The molecule has 1 aliphatic heterocycles. The predicted molar refractivity (Wildman–Crippen MR) is 99.4 cm³/mol. The first-order valence-corrected chi connectivity index (χ1v) is 9.19. The van der Waals surface area contributed by atoms with Crippen LogP contribution in [-0.4, -0.2) is 42.6 Å². The average Bonchev–Trinajstić information content (AvgIpc) is 3.15. The third-order valence-electron chi connectivity index (χ3n) is 4.68. The number of rotatable bonds is 3. The molecule has 1 fully saturated rings. The first kappa shape index (κ1) is 14.7. The summed E-state index contributed by atoms with van der Waals surface area (Å²) in [6, 6.07) is 13.0. The van der Waals surface area contributed by atoms with Gasteiger partial charge in [0.05, 0.1) is 5.52 Å². The summed E-state index contributed by atoms with van der Waals surface area (Å²) >= 11 is 1.73. The van der Waals surface area contributed by atoms with Crippen LogP contribution in [0.1, 0.15) is 6.92 Å². The van der Waals surface area contributed by atoms with Gasteiger partial charge in [0.25, 0.3) is 0 Å². The van der Waals surface area contributed by atoms with Crippen LogP contribution in [0.25, 0.3) is 22.0 Å². The molecule has 0 N–H and O–H groups in total. The van der Waals surface area contributed by atoms with Gasteiger partial charge in [-0.1, -0.05) is 25.1 Å². The third-order valence-corrected chi connectivity index (χ3v) is 5.36. The van der Waals surface area contributed by atoms with Crippen LogP contribution in [0.3, 0.4) is 0 Å². The molecule has 2 aromatic heterocycles. The zero-order valence-electron chi connectivity index (χ0n) is 13.4. The quantitative estimate of drug-likeness (QED) is 0.723. The number of pyridine rings is 1. The van der Waals surface area contributed by atoms with Crippen molar-refractivity contribution in [2.24, 2.45) is 0 Å². The van der Waals surface area contributed by atoms with Crippen LogP contribution < -0.4 is 4.90 Å². The zero-order valence-corrected chi connectivity index (χ0v) is 14.2. The predicted octanol–water partition coefficient (Wildman–Crippen LogP) is 4.11. The normalized spacial score (nSPS) is 16.1. The number of piperazine rings is 1. The fraction of sp³-hybridized carbons (Fsp3) is 0.316. The lowest BCUT2D eigenvalue weighted by atomic mass is 10.0. The number of thiophene rings is 1. The first-order valence-electron chi connectivity index (χ1n) is 8.25. The van der Waals surface area contributed by atoms with Crippen molar-refractivity contribution in [3.05, 3.63) is 47.2 Å². The number of fused-ring (bicyclic) bond motifs is 1. The molecule has 0 bridgehead atoms. The molecule has 0 radical (unpaired) electrons. The van der Waals surface area contributed by atoms with E-state index in [0.717, 1.165) is 44.1 Å². The van der Waals surface area contributed by atoms with Crippen molar-refractivity contribution in [1.82, 2.24) is 9.88 Å². The molecule has 3 nitrogen and oxygen atoms in total. The molecule has 1 aromatic carbocycles. The summed E-state index contributed by atoms with van der Waals surface area (Å²) in [5, 5.41) is 5.54. The van der Waals surface area contributed by atoms with E-state index in [4.69, 9.17) is 4.98 Å². The van der Waals surface area contributed by atoms with Gasteiger partial charge < -0.3 is 9.80 Å². The number of hydrogen-bond donors (Lipinski definition) is 0. The Balaban J connectivity index is 1.71. The minimum Gasteiger partial charge on any atom is -0.354 e. The smallest absolute Gasteiger partial charge is 0.129 e. The lowest BCUT2D eigenvalue weighted by Crippen LogP contribution is -2.46. The van der Waals surface area contributed by atoms with Gasteiger partial charge in [0.2, 0.25) is 0 Å². The molecular formula is C19H21N3S. The maximum absolute atomic E-state index is 5.02. The van der Waals surface area contributed by atoms with E-state index in [-0.39, 0.29) is 0 Å². The molecule has 23 heavy (non-hydrogen) atoms. The highest BCUT2D eigenvalue weighted by atomic mass is 32.1. The Morgan fingerprint density at radius 2 is 1.91 bits per heavy atom. The highest BCUT2D eigenvalue weighted by Crippen LogP contribution is 2.30. The van der Waals surface area contributed by atoms with E-state index in [1.807, 2.05) is 0 Å². The van der Waals surface area contributed by atoms with Crippen molar-refractivity contribution >= 4 is 28.1 Å². The van der Waals surface area contributed by atoms with Crippen molar-refractivity contribution < 1.29 is 0 Å². The molecule has 0 spiro atoms. The Kier molecular flexibility index (Phi) is 4.02. The maximum Gasteiger partial charge on any atom is 0.129 e. The van der Waals surface area contributed by atoms with Crippen LogP contribution in [0.2, 0.25) is 0 Å². The van der Waals surface area contributed by atoms with Crippen LogP contribution in [0.4, 0.5) is 5.82 Å². The molecule has 4 heteroatoms. The number of anilines is 1. The van der Waals surface area contributed by atoms with Gasteiger partial charge in [-0.05, 0) is 41.1 Å². The Bertz CT molecular complexity index is 789. The Labute approximate surface area is 141 Å². The Morgan fingerprint density at radius 1 is 1.04 bits per heavy atom. The fourth-order valence-electron chi connectivity index (χ4n) is 3.26. The molecule has 0 saturated carbocycles. The molecule has 0 amide bonds. The van der Waals surface area contributed by atoms with Gasteiger partial charge in [-0.2, -0.15) is 11.3 Å². The number of para-hydroxylation sites is 1. The summed E-state index contributed by atoms with van der Waals surface area (Å²) in [5.74, 6) is 1.11. The average molecular weight is 323 g/mol. The topological polar surface area (TPSA) is 19.4 Å². The summed E-state index contributed by atoms with van der Waals surface area (Å²) in [5.41, 5.74) is 3.61. The van der Waals surface area contributed by atoms with Gasteiger partial charge in [0.1, 0.15) is 5.82 Å². The van der Waals surface area contributed by atoms with Crippen LogP contribution in [-0.2, 0) is 0 Å². The zero-order chi connectivity index (χ0) is 15.6. The van der Waals surface area contributed by atoms with E-state index in [0.29, 0.717) is 0 Å². The van der Waals surface area contributed by atoms with E-state index in [9.17, 15) is 0 Å². The highest BCUT2D eigenvalue weighted by Gasteiger charge is 2.17. The number of hydrogen-bond acceptors (Lipinski definition) is 4. The summed E-state index contributed by atoms with van der Waals surface area (Å²) < 4.78 is 0. The molecule has 1 saturated heterocycles. The molecule has 3 aromatic rings.